The average molecular weight is 442 g/mol. The molecule has 1 aliphatic rings. The van der Waals surface area contributed by atoms with Crippen LogP contribution in [-0.2, 0) is 14.8 Å². The predicted molar refractivity (Wildman–Crippen MR) is 101 cm³/mol. The molecule has 0 N–H and O–H groups in total. The van der Waals surface area contributed by atoms with Crippen molar-refractivity contribution in [2.45, 2.75) is 18.7 Å². The number of sulfonamides is 1. The summed E-state index contributed by atoms with van der Waals surface area (Å²) in [6.45, 7) is 2.65. The minimum atomic E-state index is -4.12. The van der Waals surface area contributed by atoms with Gasteiger partial charge >= 0.3 is 5.97 Å². The molecule has 1 amide bonds. The Morgan fingerprint density at radius 3 is 2.30 bits per heavy atom. The third kappa shape index (κ3) is 3.70. The number of aryl methyl sites for hydroxylation is 2. The lowest BCUT2D eigenvalue weighted by atomic mass is 10.1. The van der Waals surface area contributed by atoms with Crippen molar-refractivity contribution >= 4 is 21.9 Å². The molecule has 0 aliphatic carbocycles. The Labute approximate surface area is 172 Å². The Kier molecular flexibility index (Phi) is 5.95. The van der Waals surface area contributed by atoms with E-state index in [0.29, 0.717) is 0 Å². The van der Waals surface area contributed by atoms with Gasteiger partial charge in [-0.15, -0.1) is 0 Å². The number of hydrogen-bond donors (Lipinski definition) is 0. The fourth-order valence-corrected chi connectivity index (χ4v) is 5.20. The van der Waals surface area contributed by atoms with Crippen LogP contribution in [0.2, 0.25) is 0 Å². The number of carbonyl (C=O) groups excluding carboxylic acids is 2. The monoisotopic (exact) mass is 442 g/mol. The molecule has 8 nitrogen and oxygen atoms in total. The molecule has 0 radical (unpaired) electrons. The molecule has 1 aromatic heterocycles. The summed E-state index contributed by atoms with van der Waals surface area (Å²) in [6.07, 6.45) is 0. The second-order valence-corrected chi connectivity index (χ2v) is 8.58. The van der Waals surface area contributed by atoms with Gasteiger partial charge in [0.2, 0.25) is 10.0 Å². The first-order valence-electron chi connectivity index (χ1n) is 9.01. The Morgan fingerprint density at radius 2 is 1.70 bits per heavy atom. The number of carbonyl (C=O) groups is 2. The van der Waals surface area contributed by atoms with Gasteiger partial charge in [-0.05, 0) is 26.0 Å². The van der Waals surface area contributed by atoms with Gasteiger partial charge in [0.25, 0.3) is 5.91 Å². The van der Waals surface area contributed by atoms with Gasteiger partial charge < -0.3 is 14.1 Å². The van der Waals surface area contributed by atoms with Gasteiger partial charge in [-0.1, -0.05) is 6.07 Å². The number of methoxy groups -OCH3 is 1. The molecule has 1 fully saturated rings. The highest BCUT2D eigenvalue weighted by Gasteiger charge is 2.38. The van der Waals surface area contributed by atoms with E-state index in [1.54, 1.807) is 0 Å². The van der Waals surface area contributed by atoms with Crippen LogP contribution in [0.15, 0.2) is 27.5 Å². The molecule has 3 rings (SSSR count). The van der Waals surface area contributed by atoms with Gasteiger partial charge in [-0.25, -0.2) is 22.0 Å². The normalized spacial score (nSPS) is 15.3. The Morgan fingerprint density at radius 1 is 1.07 bits per heavy atom. The third-order valence-electron chi connectivity index (χ3n) is 4.90. The minimum absolute atomic E-state index is 0.0303. The number of halogens is 2. The van der Waals surface area contributed by atoms with E-state index in [4.69, 9.17) is 4.42 Å². The lowest BCUT2D eigenvalue weighted by molar-refractivity contribution is 0.0594. The van der Waals surface area contributed by atoms with Crippen LogP contribution in [0.4, 0.5) is 8.78 Å². The first-order valence-corrected chi connectivity index (χ1v) is 10.4. The zero-order chi connectivity index (χ0) is 22.2. The van der Waals surface area contributed by atoms with E-state index in [1.165, 1.54) is 30.9 Å². The number of nitrogens with zero attached hydrogens (tertiary/aromatic N) is 2. The van der Waals surface area contributed by atoms with Gasteiger partial charge in [0.15, 0.2) is 11.6 Å². The first-order chi connectivity index (χ1) is 14.1. The third-order valence-corrected chi connectivity index (χ3v) is 6.95. The van der Waals surface area contributed by atoms with Gasteiger partial charge in [-0.3, -0.25) is 4.79 Å². The van der Waals surface area contributed by atoms with Crippen LogP contribution in [-0.4, -0.2) is 62.8 Å². The van der Waals surface area contributed by atoms with Gasteiger partial charge in [-0.2, -0.15) is 4.31 Å². The SMILES string of the molecule is COC(=O)c1c(C)oc(C)c1S(=O)(=O)N1CCN(C(=O)c2cccc(F)c2F)CC1. The number of benzene rings is 1. The van der Waals surface area contributed by atoms with Crippen molar-refractivity contribution in [2.24, 2.45) is 0 Å². The van der Waals surface area contributed by atoms with Crippen LogP contribution in [0, 0.1) is 25.5 Å². The Balaban J connectivity index is 1.82. The molecule has 30 heavy (non-hydrogen) atoms. The Bertz CT molecular complexity index is 1100. The summed E-state index contributed by atoms with van der Waals surface area (Å²) in [4.78, 5) is 25.6. The summed E-state index contributed by atoms with van der Waals surface area (Å²) in [5.74, 6) is -3.78. The lowest BCUT2D eigenvalue weighted by Crippen LogP contribution is -2.50. The maximum Gasteiger partial charge on any atom is 0.342 e. The number of esters is 1. The summed E-state index contributed by atoms with van der Waals surface area (Å²) in [7, 11) is -2.98. The van der Waals surface area contributed by atoms with E-state index in [-0.39, 0.29) is 48.2 Å². The van der Waals surface area contributed by atoms with Crippen molar-refractivity contribution in [3.63, 3.8) is 0 Å². The van der Waals surface area contributed by atoms with Gasteiger partial charge in [0.1, 0.15) is 22.0 Å². The van der Waals surface area contributed by atoms with Crippen LogP contribution in [0.5, 0.6) is 0 Å². The van der Waals surface area contributed by atoms with Gasteiger partial charge in [0, 0.05) is 26.2 Å². The number of piperazine rings is 1. The molecule has 0 spiro atoms. The second kappa shape index (κ2) is 8.15. The lowest BCUT2D eigenvalue weighted by Gasteiger charge is -2.34. The standard InChI is InChI=1S/C19H20F2N2O6S/c1-11-15(19(25)28-3)17(12(2)29-11)30(26,27)23-9-7-22(8-10-23)18(24)13-5-4-6-14(20)16(13)21/h4-6H,7-10H2,1-3H3. The van der Waals surface area contributed by atoms with Crippen molar-refractivity contribution in [1.29, 1.82) is 0 Å². The maximum absolute atomic E-state index is 13.9. The van der Waals surface area contributed by atoms with Crippen LogP contribution < -0.4 is 0 Å². The molecule has 162 valence electrons. The maximum atomic E-state index is 13.9. The molecule has 0 bridgehead atoms. The molecule has 1 saturated heterocycles. The summed E-state index contributed by atoms with van der Waals surface area (Å²) in [6, 6.07) is 3.31. The van der Waals surface area contributed by atoms with Crippen molar-refractivity contribution in [3.05, 3.63) is 52.5 Å². The van der Waals surface area contributed by atoms with E-state index in [9.17, 15) is 26.8 Å². The van der Waals surface area contributed by atoms with Gasteiger partial charge in [0.05, 0.1) is 12.7 Å². The smallest absolute Gasteiger partial charge is 0.342 e. The summed E-state index contributed by atoms with van der Waals surface area (Å²) in [5, 5.41) is 0. The number of ether oxygens (including phenoxy) is 1. The number of amides is 1. The molecule has 2 aromatic rings. The fraction of sp³-hybridized carbons (Fsp3) is 0.368. The largest absolute Gasteiger partial charge is 0.465 e. The van der Waals surface area contributed by atoms with Crippen molar-refractivity contribution < 1.29 is 35.9 Å². The van der Waals surface area contributed by atoms with Crippen LogP contribution in [0.25, 0.3) is 0 Å². The fourth-order valence-electron chi connectivity index (χ4n) is 3.41. The van der Waals surface area contributed by atoms with Crippen molar-refractivity contribution in [3.8, 4) is 0 Å². The second-order valence-electron chi connectivity index (χ2n) is 6.71. The van der Waals surface area contributed by atoms with E-state index in [0.717, 1.165) is 17.5 Å². The predicted octanol–water partition coefficient (Wildman–Crippen LogP) is 2.11. The molecule has 0 unspecified atom stereocenters. The molecule has 0 atom stereocenters. The van der Waals surface area contributed by atoms with Crippen LogP contribution in [0.1, 0.15) is 32.2 Å². The van der Waals surface area contributed by atoms with Crippen LogP contribution in [0.3, 0.4) is 0 Å². The van der Waals surface area contributed by atoms with E-state index in [1.807, 2.05) is 0 Å². The van der Waals surface area contributed by atoms with E-state index >= 15 is 0 Å². The van der Waals surface area contributed by atoms with E-state index < -0.39 is 39.1 Å². The van der Waals surface area contributed by atoms with Crippen molar-refractivity contribution in [2.75, 3.05) is 33.3 Å². The van der Waals surface area contributed by atoms with E-state index in [2.05, 4.69) is 4.74 Å². The zero-order valence-electron chi connectivity index (χ0n) is 16.6. The number of hydrogen-bond acceptors (Lipinski definition) is 6. The molecular weight excluding hydrogens is 422 g/mol. The molecule has 11 heteroatoms. The highest BCUT2D eigenvalue weighted by Crippen LogP contribution is 2.30. The van der Waals surface area contributed by atoms with Crippen LogP contribution >= 0.6 is 0 Å². The van der Waals surface area contributed by atoms with Crippen molar-refractivity contribution in [1.82, 2.24) is 9.21 Å². The topological polar surface area (TPSA) is 97.1 Å². The highest BCUT2D eigenvalue weighted by atomic mass is 32.2. The molecule has 1 aromatic carbocycles. The average Bonchev–Trinajstić information content (AvgIpc) is 3.03. The minimum Gasteiger partial charge on any atom is -0.465 e. The molecular formula is C19H20F2N2O6S. The molecule has 2 heterocycles. The summed E-state index contributed by atoms with van der Waals surface area (Å²) in [5.41, 5.74) is -0.587. The number of furan rings is 1. The Hall–Kier alpha value is -2.79. The quantitative estimate of drug-likeness (QED) is 0.673. The molecule has 1 aliphatic heterocycles. The molecule has 0 saturated carbocycles. The summed E-state index contributed by atoms with van der Waals surface area (Å²) >= 11 is 0. The number of rotatable bonds is 4. The summed E-state index contributed by atoms with van der Waals surface area (Å²) < 4.78 is 64.7. The first kappa shape index (κ1) is 21.9. The highest BCUT2D eigenvalue weighted by molar-refractivity contribution is 7.89. The zero-order valence-corrected chi connectivity index (χ0v) is 17.4.